The maximum Gasteiger partial charge on any atom is 0.261 e. The Balaban J connectivity index is 1.28. The molecular formula is C26H24N2O2S. The van der Waals surface area contributed by atoms with E-state index < -0.39 is 0 Å². The number of thiazole rings is 1. The predicted octanol–water partition coefficient (Wildman–Crippen LogP) is 5.63. The average Bonchev–Trinajstić information content (AvgIpc) is 3.46. The summed E-state index contributed by atoms with van der Waals surface area (Å²) in [6.07, 6.45) is 2.73. The third-order valence-electron chi connectivity index (χ3n) is 5.73. The van der Waals surface area contributed by atoms with Crippen LogP contribution in [0, 0.1) is 0 Å². The zero-order valence-electron chi connectivity index (χ0n) is 17.2. The standard InChI is InChI=1S/C26H24N2O2S/c29-25(18-30-23-14-6-4-11-20(23)17-19-9-2-1-3-10-19)28-16-8-13-22(28)26-27-21-12-5-7-15-24(21)31-26/h1-7,9-12,14-15,22H,8,13,16-18H2/t22-/m1/s1. The van der Waals surface area contributed by atoms with Gasteiger partial charge in [0, 0.05) is 13.0 Å². The second kappa shape index (κ2) is 8.90. The molecule has 0 spiro atoms. The number of para-hydroxylation sites is 2. The average molecular weight is 429 g/mol. The van der Waals surface area contributed by atoms with Gasteiger partial charge in [-0.1, -0.05) is 60.7 Å². The molecule has 1 saturated heterocycles. The molecule has 1 aromatic heterocycles. The van der Waals surface area contributed by atoms with Gasteiger partial charge in [0.25, 0.3) is 5.91 Å². The van der Waals surface area contributed by atoms with Crippen LogP contribution in [0.2, 0.25) is 0 Å². The van der Waals surface area contributed by atoms with Crippen molar-refractivity contribution in [3.05, 3.63) is 95.0 Å². The van der Waals surface area contributed by atoms with Crippen LogP contribution >= 0.6 is 11.3 Å². The first-order chi connectivity index (χ1) is 15.3. The Bertz CT molecular complexity index is 1160. The van der Waals surface area contributed by atoms with Crippen LogP contribution in [-0.4, -0.2) is 28.9 Å². The molecule has 156 valence electrons. The van der Waals surface area contributed by atoms with Crippen molar-refractivity contribution in [3.8, 4) is 5.75 Å². The summed E-state index contributed by atoms with van der Waals surface area (Å²) < 4.78 is 7.19. The van der Waals surface area contributed by atoms with Crippen molar-refractivity contribution in [2.45, 2.75) is 25.3 Å². The number of amides is 1. The van der Waals surface area contributed by atoms with Gasteiger partial charge in [0.1, 0.15) is 10.8 Å². The van der Waals surface area contributed by atoms with Crippen LogP contribution in [0.25, 0.3) is 10.2 Å². The van der Waals surface area contributed by atoms with E-state index in [-0.39, 0.29) is 18.6 Å². The van der Waals surface area contributed by atoms with Crippen molar-refractivity contribution in [2.75, 3.05) is 13.2 Å². The van der Waals surface area contributed by atoms with Gasteiger partial charge in [-0.25, -0.2) is 4.98 Å². The van der Waals surface area contributed by atoms with Crippen molar-refractivity contribution in [2.24, 2.45) is 0 Å². The fourth-order valence-corrected chi connectivity index (χ4v) is 5.30. The molecule has 0 aliphatic carbocycles. The topological polar surface area (TPSA) is 42.4 Å². The lowest BCUT2D eigenvalue weighted by Gasteiger charge is -2.23. The lowest BCUT2D eigenvalue weighted by molar-refractivity contribution is -0.134. The fourth-order valence-electron chi connectivity index (χ4n) is 4.18. The molecule has 1 atom stereocenters. The summed E-state index contributed by atoms with van der Waals surface area (Å²) in [5.41, 5.74) is 3.32. The normalized spacial score (nSPS) is 16.0. The number of benzene rings is 3. The Kier molecular flexibility index (Phi) is 5.67. The summed E-state index contributed by atoms with van der Waals surface area (Å²) in [7, 11) is 0. The van der Waals surface area contributed by atoms with Crippen molar-refractivity contribution in [1.29, 1.82) is 0 Å². The van der Waals surface area contributed by atoms with E-state index in [1.54, 1.807) is 11.3 Å². The Morgan fingerprint density at radius 3 is 2.65 bits per heavy atom. The maximum atomic E-state index is 13.1. The number of nitrogens with zero attached hydrogens (tertiary/aromatic N) is 2. The molecular weight excluding hydrogens is 404 g/mol. The van der Waals surface area contributed by atoms with E-state index in [1.807, 2.05) is 59.5 Å². The summed E-state index contributed by atoms with van der Waals surface area (Å²) >= 11 is 1.69. The predicted molar refractivity (Wildman–Crippen MR) is 124 cm³/mol. The van der Waals surface area contributed by atoms with Crippen LogP contribution in [0.4, 0.5) is 0 Å². The van der Waals surface area contributed by atoms with Crippen LogP contribution in [0.3, 0.4) is 0 Å². The van der Waals surface area contributed by atoms with Crippen molar-refractivity contribution >= 4 is 27.5 Å². The lowest BCUT2D eigenvalue weighted by atomic mass is 10.0. The molecule has 0 saturated carbocycles. The number of fused-ring (bicyclic) bond motifs is 1. The molecule has 4 aromatic rings. The van der Waals surface area contributed by atoms with E-state index in [9.17, 15) is 4.79 Å². The number of carbonyl (C=O) groups is 1. The van der Waals surface area contributed by atoms with Gasteiger partial charge in [-0.05, 0) is 42.2 Å². The van der Waals surface area contributed by atoms with Crippen LogP contribution < -0.4 is 4.74 Å². The SMILES string of the molecule is O=C(COc1ccccc1Cc1ccccc1)N1CCC[C@@H]1c1nc2ccccc2s1. The minimum absolute atomic E-state index is 0.0243. The van der Waals surface area contributed by atoms with E-state index >= 15 is 0 Å². The second-order valence-electron chi connectivity index (χ2n) is 7.82. The zero-order valence-corrected chi connectivity index (χ0v) is 18.1. The molecule has 1 amide bonds. The monoisotopic (exact) mass is 428 g/mol. The first-order valence-corrected chi connectivity index (χ1v) is 11.5. The molecule has 1 aliphatic heterocycles. The Morgan fingerprint density at radius 1 is 1.00 bits per heavy atom. The molecule has 0 N–H and O–H groups in total. The molecule has 2 heterocycles. The van der Waals surface area contributed by atoms with E-state index in [2.05, 4.69) is 24.3 Å². The molecule has 5 heteroatoms. The maximum absolute atomic E-state index is 13.1. The number of ether oxygens (including phenoxy) is 1. The lowest BCUT2D eigenvalue weighted by Crippen LogP contribution is -2.34. The molecule has 31 heavy (non-hydrogen) atoms. The molecule has 0 radical (unpaired) electrons. The number of aromatic nitrogens is 1. The Hall–Kier alpha value is -3.18. The quantitative estimate of drug-likeness (QED) is 0.400. The molecule has 1 fully saturated rings. The fraction of sp³-hybridized carbons (Fsp3) is 0.231. The van der Waals surface area contributed by atoms with Crippen molar-refractivity contribution in [3.63, 3.8) is 0 Å². The number of likely N-dealkylation sites (tertiary alicyclic amines) is 1. The molecule has 4 nitrogen and oxygen atoms in total. The van der Waals surface area contributed by atoms with Gasteiger partial charge >= 0.3 is 0 Å². The van der Waals surface area contributed by atoms with Gasteiger partial charge in [0.05, 0.1) is 16.3 Å². The van der Waals surface area contributed by atoms with Crippen LogP contribution in [0.15, 0.2) is 78.9 Å². The highest BCUT2D eigenvalue weighted by atomic mass is 32.1. The minimum Gasteiger partial charge on any atom is -0.483 e. The minimum atomic E-state index is 0.0243. The van der Waals surface area contributed by atoms with Gasteiger partial charge in [-0.3, -0.25) is 4.79 Å². The number of hydrogen-bond donors (Lipinski definition) is 0. The molecule has 5 rings (SSSR count). The van der Waals surface area contributed by atoms with Gasteiger partial charge in [0.15, 0.2) is 6.61 Å². The van der Waals surface area contributed by atoms with Gasteiger partial charge in [0.2, 0.25) is 0 Å². The van der Waals surface area contributed by atoms with Crippen LogP contribution in [-0.2, 0) is 11.2 Å². The number of carbonyl (C=O) groups excluding carboxylic acids is 1. The van der Waals surface area contributed by atoms with E-state index in [0.29, 0.717) is 0 Å². The van der Waals surface area contributed by atoms with Gasteiger partial charge in [-0.15, -0.1) is 11.3 Å². The summed E-state index contributed by atoms with van der Waals surface area (Å²) in [5, 5.41) is 1.02. The van der Waals surface area contributed by atoms with Crippen molar-refractivity contribution in [1.82, 2.24) is 9.88 Å². The molecule has 3 aromatic carbocycles. The third-order valence-corrected chi connectivity index (χ3v) is 6.87. The van der Waals surface area contributed by atoms with Gasteiger partial charge < -0.3 is 9.64 Å². The number of hydrogen-bond acceptors (Lipinski definition) is 4. The van der Waals surface area contributed by atoms with Crippen LogP contribution in [0.1, 0.15) is 35.0 Å². The summed E-state index contributed by atoms with van der Waals surface area (Å²) in [5.74, 6) is 0.798. The zero-order chi connectivity index (χ0) is 21.0. The van der Waals surface area contributed by atoms with E-state index in [4.69, 9.17) is 9.72 Å². The molecule has 0 bridgehead atoms. The summed E-state index contributed by atoms with van der Waals surface area (Å²) in [4.78, 5) is 19.8. The van der Waals surface area contributed by atoms with Crippen molar-refractivity contribution < 1.29 is 9.53 Å². The highest BCUT2D eigenvalue weighted by Crippen LogP contribution is 2.36. The van der Waals surface area contributed by atoms with E-state index in [1.165, 1.54) is 10.3 Å². The highest BCUT2D eigenvalue weighted by Gasteiger charge is 2.32. The molecule has 1 aliphatic rings. The second-order valence-corrected chi connectivity index (χ2v) is 8.89. The first-order valence-electron chi connectivity index (χ1n) is 10.7. The smallest absolute Gasteiger partial charge is 0.261 e. The summed E-state index contributed by atoms with van der Waals surface area (Å²) in [6, 6.07) is 26.5. The third kappa shape index (κ3) is 4.32. The van der Waals surface area contributed by atoms with Gasteiger partial charge in [-0.2, -0.15) is 0 Å². The highest BCUT2D eigenvalue weighted by molar-refractivity contribution is 7.18. The largest absolute Gasteiger partial charge is 0.483 e. The molecule has 0 unspecified atom stereocenters. The van der Waals surface area contributed by atoms with Crippen LogP contribution in [0.5, 0.6) is 5.75 Å². The number of rotatable bonds is 6. The van der Waals surface area contributed by atoms with E-state index in [0.717, 1.165) is 47.6 Å². The summed E-state index contributed by atoms with van der Waals surface area (Å²) in [6.45, 7) is 0.807. The Labute approximate surface area is 186 Å². The Morgan fingerprint density at radius 2 is 1.77 bits per heavy atom. The first kappa shape index (κ1) is 19.8.